The van der Waals surface area contributed by atoms with Crippen LogP contribution in [-0.2, 0) is 25.4 Å². The van der Waals surface area contributed by atoms with Crippen LogP contribution >= 0.6 is 0 Å². The zero-order valence-electron chi connectivity index (χ0n) is 16.0. The minimum absolute atomic E-state index is 0.132. The third-order valence-corrected chi connectivity index (χ3v) is 5.21. The number of carbonyl (C=O) groups is 2. The molecule has 1 atom stereocenters. The van der Waals surface area contributed by atoms with Crippen LogP contribution in [0, 0.1) is 0 Å². The van der Waals surface area contributed by atoms with Crippen LogP contribution in [0.4, 0.5) is 4.79 Å². The van der Waals surface area contributed by atoms with Gasteiger partial charge in [0, 0.05) is 12.8 Å². The topological polar surface area (TPSA) is 65.1 Å². The molecule has 0 bridgehead atoms. The highest BCUT2D eigenvalue weighted by molar-refractivity contribution is 5.93. The Balaban J connectivity index is 1.37. The van der Waals surface area contributed by atoms with Gasteiger partial charge < -0.3 is 14.2 Å². The van der Waals surface area contributed by atoms with Gasteiger partial charge in [-0.15, -0.1) is 0 Å². The van der Waals surface area contributed by atoms with Crippen LogP contribution in [0.15, 0.2) is 30.3 Å². The van der Waals surface area contributed by atoms with E-state index in [1.165, 1.54) is 4.90 Å². The van der Waals surface area contributed by atoms with Gasteiger partial charge in [0.25, 0.3) is 0 Å². The predicted octanol–water partition coefficient (Wildman–Crippen LogP) is 3.68. The molecule has 2 aliphatic rings. The first-order valence-corrected chi connectivity index (χ1v) is 9.88. The molecule has 2 amide bonds. The van der Waals surface area contributed by atoms with Gasteiger partial charge in [0.1, 0.15) is 6.61 Å². The molecule has 6 heteroatoms. The number of amides is 2. The van der Waals surface area contributed by atoms with Crippen LogP contribution in [0.5, 0.6) is 0 Å². The molecule has 0 spiro atoms. The largest absolute Gasteiger partial charge is 0.447 e. The van der Waals surface area contributed by atoms with Crippen molar-refractivity contribution in [3.05, 3.63) is 35.9 Å². The molecule has 6 nitrogen and oxygen atoms in total. The Morgan fingerprint density at radius 2 is 1.81 bits per heavy atom. The van der Waals surface area contributed by atoms with E-state index in [1.807, 2.05) is 37.3 Å². The number of cyclic esters (lactones) is 1. The van der Waals surface area contributed by atoms with E-state index >= 15 is 0 Å². The number of ether oxygens (including phenoxy) is 3. The van der Waals surface area contributed by atoms with Gasteiger partial charge >= 0.3 is 6.09 Å². The fraction of sp³-hybridized carbons (Fsp3) is 0.619. The van der Waals surface area contributed by atoms with Gasteiger partial charge in [-0.3, -0.25) is 4.79 Å². The van der Waals surface area contributed by atoms with Crippen molar-refractivity contribution in [1.29, 1.82) is 0 Å². The van der Waals surface area contributed by atoms with Crippen molar-refractivity contribution in [2.45, 2.75) is 63.7 Å². The minimum atomic E-state index is -0.510. The van der Waals surface area contributed by atoms with E-state index in [9.17, 15) is 9.59 Å². The van der Waals surface area contributed by atoms with E-state index in [4.69, 9.17) is 14.2 Å². The van der Waals surface area contributed by atoms with E-state index in [0.717, 1.165) is 37.7 Å². The number of hydrogen-bond donors (Lipinski definition) is 0. The average molecular weight is 375 g/mol. The average Bonchev–Trinajstić information content (AvgIpc) is 3.25. The van der Waals surface area contributed by atoms with E-state index in [1.54, 1.807) is 0 Å². The Kier molecular flexibility index (Phi) is 6.85. The maximum atomic E-state index is 12.5. The molecule has 2 heterocycles. The van der Waals surface area contributed by atoms with E-state index in [0.29, 0.717) is 26.1 Å². The van der Waals surface area contributed by atoms with Crippen molar-refractivity contribution in [3.63, 3.8) is 0 Å². The minimum Gasteiger partial charge on any atom is -0.447 e. The standard InChI is InChI=1S/C21H29NO5/c1-21(26-13-14-27-21)12-8-3-2-7-11-19(23)22-18(16-25-20(22)24)15-17-9-5-4-6-10-17/h4-6,9-10,18H,2-3,7-8,11-16H2,1H3/t18-/m0/s1. The second-order valence-corrected chi connectivity index (χ2v) is 7.43. The van der Waals surface area contributed by atoms with Crippen molar-refractivity contribution in [2.24, 2.45) is 0 Å². The first-order chi connectivity index (χ1) is 13.1. The van der Waals surface area contributed by atoms with E-state index in [-0.39, 0.29) is 18.6 Å². The smallest absolute Gasteiger partial charge is 0.416 e. The fourth-order valence-electron chi connectivity index (χ4n) is 3.70. The summed E-state index contributed by atoms with van der Waals surface area (Å²) in [4.78, 5) is 25.8. The molecule has 2 fully saturated rings. The molecular formula is C21H29NO5. The lowest BCUT2D eigenvalue weighted by molar-refractivity contribution is -0.147. The Morgan fingerprint density at radius 3 is 2.56 bits per heavy atom. The predicted molar refractivity (Wildman–Crippen MR) is 100 cm³/mol. The molecule has 0 unspecified atom stereocenters. The van der Waals surface area contributed by atoms with Crippen LogP contribution < -0.4 is 0 Å². The van der Waals surface area contributed by atoms with Crippen LogP contribution in [0.2, 0.25) is 0 Å². The highest BCUT2D eigenvalue weighted by Gasteiger charge is 2.37. The Morgan fingerprint density at radius 1 is 1.11 bits per heavy atom. The summed E-state index contributed by atoms with van der Waals surface area (Å²) in [5, 5.41) is 0. The molecule has 148 valence electrons. The summed E-state index contributed by atoms with van der Waals surface area (Å²) in [6.45, 7) is 3.59. The van der Waals surface area contributed by atoms with Crippen LogP contribution in [-0.4, -0.2) is 48.5 Å². The molecular weight excluding hydrogens is 346 g/mol. The Labute approximate surface area is 160 Å². The van der Waals surface area contributed by atoms with Crippen molar-refractivity contribution < 1.29 is 23.8 Å². The van der Waals surface area contributed by atoms with Gasteiger partial charge in [-0.05, 0) is 31.7 Å². The number of imide groups is 1. The van der Waals surface area contributed by atoms with Crippen molar-refractivity contribution in [3.8, 4) is 0 Å². The highest BCUT2D eigenvalue weighted by Crippen LogP contribution is 2.25. The van der Waals surface area contributed by atoms with E-state index < -0.39 is 11.9 Å². The summed E-state index contributed by atoms with van der Waals surface area (Å²) in [5.74, 6) is -0.562. The van der Waals surface area contributed by atoms with Gasteiger partial charge in [0.05, 0.1) is 19.3 Å². The third-order valence-electron chi connectivity index (χ3n) is 5.21. The first-order valence-electron chi connectivity index (χ1n) is 9.88. The maximum Gasteiger partial charge on any atom is 0.416 e. The first kappa shape index (κ1) is 19.8. The normalized spacial score (nSPS) is 21.4. The molecule has 0 saturated carbocycles. The van der Waals surface area contributed by atoms with Crippen molar-refractivity contribution in [1.82, 2.24) is 4.90 Å². The summed E-state index contributed by atoms with van der Waals surface area (Å²) in [6.07, 6.45) is 5.14. The van der Waals surface area contributed by atoms with Gasteiger partial charge in [-0.1, -0.05) is 43.2 Å². The summed E-state index contributed by atoms with van der Waals surface area (Å²) in [7, 11) is 0. The summed E-state index contributed by atoms with van der Waals surface area (Å²) in [6, 6.07) is 9.67. The monoisotopic (exact) mass is 375 g/mol. The summed E-state index contributed by atoms with van der Waals surface area (Å²) in [5.41, 5.74) is 1.10. The summed E-state index contributed by atoms with van der Waals surface area (Å²) >= 11 is 0. The molecule has 2 aliphatic heterocycles. The number of rotatable bonds is 9. The second kappa shape index (κ2) is 9.33. The molecule has 1 aromatic carbocycles. The van der Waals surface area contributed by atoms with Crippen LogP contribution in [0.3, 0.4) is 0 Å². The van der Waals surface area contributed by atoms with Gasteiger partial charge in [-0.25, -0.2) is 9.69 Å². The number of hydrogen-bond acceptors (Lipinski definition) is 5. The lowest BCUT2D eigenvalue weighted by atomic mass is 10.0. The van der Waals surface area contributed by atoms with Crippen LogP contribution in [0.1, 0.15) is 51.0 Å². The molecule has 0 radical (unpaired) electrons. The number of unbranched alkanes of at least 4 members (excludes halogenated alkanes) is 3. The summed E-state index contributed by atoms with van der Waals surface area (Å²) < 4.78 is 16.3. The van der Waals surface area contributed by atoms with E-state index in [2.05, 4.69) is 0 Å². The highest BCUT2D eigenvalue weighted by atomic mass is 16.7. The van der Waals surface area contributed by atoms with Crippen LogP contribution in [0.25, 0.3) is 0 Å². The third kappa shape index (κ3) is 5.53. The molecule has 0 N–H and O–H groups in total. The van der Waals surface area contributed by atoms with Gasteiger partial charge in [-0.2, -0.15) is 0 Å². The number of benzene rings is 1. The molecule has 0 aliphatic carbocycles. The molecule has 27 heavy (non-hydrogen) atoms. The molecule has 3 rings (SSSR count). The molecule has 1 aromatic rings. The fourth-order valence-corrected chi connectivity index (χ4v) is 3.70. The lowest BCUT2D eigenvalue weighted by Crippen LogP contribution is -2.40. The molecule has 2 saturated heterocycles. The maximum absolute atomic E-state index is 12.5. The Bertz CT molecular complexity index is 627. The Hall–Kier alpha value is -1.92. The number of nitrogens with zero attached hydrogens (tertiary/aromatic N) is 1. The van der Waals surface area contributed by atoms with Crippen molar-refractivity contribution >= 4 is 12.0 Å². The lowest BCUT2D eigenvalue weighted by Gasteiger charge is -2.22. The zero-order chi connectivity index (χ0) is 19.1. The zero-order valence-corrected chi connectivity index (χ0v) is 16.0. The van der Waals surface area contributed by atoms with Crippen molar-refractivity contribution in [2.75, 3.05) is 19.8 Å². The quantitative estimate of drug-likeness (QED) is 0.616. The SMILES string of the molecule is CC1(CCCCCCC(=O)N2C(=O)OC[C@@H]2Cc2ccccc2)OCCO1. The number of carbonyl (C=O) groups excluding carboxylic acids is 2. The second-order valence-electron chi connectivity index (χ2n) is 7.43. The molecule has 0 aromatic heterocycles. The van der Waals surface area contributed by atoms with Gasteiger partial charge in [0.15, 0.2) is 5.79 Å². The van der Waals surface area contributed by atoms with Gasteiger partial charge in [0.2, 0.25) is 5.91 Å².